The molecular weight excluding hydrogens is 212 g/mol. The van der Waals surface area contributed by atoms with Crippen molar-refractivity contribution in [2.75, 3.05) is 11.5 Å². The second-order valence-electron chi connectivity index (χ2n) is 3.50. The molecule has 4 nitrogen and oxygen atoms in total. The number of rotatable bonds is 4. The van der Waals surface area contributed by atoms with Crippen LogP contribution < -0.4 is 5.73 Å². The Bertz CT molecular complexity index is 333. The number of thiol groups is 1. The molecule has 0 radical (unpaired) electrons. The van der Waals surface area contributed by atoms with E-state index in [-0.39, 0.29) is 0 Å². The average molecular weight is 228 g/mol. The molecule has 1 heterocycles. The summed E-state index contributed by atoms with van der Waals surface area (Å²) in [6.45, 7) is 1.81. The zero-order chi connectivity index (χ0) is 11.4. The summed E-state index contributed by atoms with van der Waals surface area (Å²) in [5.41, 5.74) is 6.93. The van der Waals surface area contributed by atoms with Gasteiger partial charge in [-0.25, -0.2) is 4.98 Å². The smallest absolute Gasteiger partial charge is 0.126 e. The van der Waals surface area contributed by atoms with Gasteiger partial charge in [-0.15, -0.1) is 0 Å². The average Bonchev–Trinajstić information content (AvgIpc) is 2.21. The maximum atomic E-state index is 9.77. The van der Waals surface area contributed by atoms with Gasteiger partial charge in [0.15, 0.2) is 0 Å². The van der Waals surface area contributed by atoms with Crippen LogP contribution in [0, 0.1) is 6.92 Å². The molecule has 4 N–H and O–H groups in total. The van der Waals surface area contributed by atoms with Crippen molar-refractivity contribution < 1.29 is 10.2 Å². The van der Waals surface area contributed by atoms with Crippen LogP contribution >= 0.6 is 12.6 Å². The van der Waals surface area contributed by atoms with Gasteiger partial charge in [0, 0.05) is 11.8 Å². The predicted octanol–water partition coefficient (Wildman–Crippen LogP) is 0.686. The van der Waals surface area contributed by atoms with Crippen LogP contribution in [-0.2, 0) is 0 Å². The third-order valence-electron chi connectivity index (χ3n) is 2.27. The minimum Gasteiger partial charge on any atom is -0.390 e. The molecule has 0 saturated carbocycles. The van der Waals surface area contributed by atoms with E-state index < -0.39 is 12.2 Å². The van der Waals surface area contributed by atoms with E-state index in [0.717, 1.165) is 5.56 Å². The van der Waals surface area contributed by atoms with E-state index >= 15 is 0 Å². The molecule has 5 heteroatoms. The van der Waals surface area contributed by atoms with Gasteiger partial charge in [-0.05, 0) is 30.7 Å². The van der Waals surface area contributed by atoms with Gasteiger partial charge in [0.25, 0.3) is 0 Å². The first-order valence-electron chi connectivity index (χ1n) is 4.75. The summed E-state index contributed by atoms with van der Waals surface area (Å²) in [7, 11) is 0. The van der Waals surface area contributed by atoms with Crippen LogP contribution in [0.15, 0.2) is 12.3 Å². The number of nitrogens with two attached hydrogens (primary N) is 1. The van der Waals surface area contributed by atoms with E-state index in [0.29, 0.717) is 23.6 Å². The van der Waals surface area contributed by atoms with Gasteiger partial charge in [0.1, 0.15) is 11.9 Å². The second kappa shape index (κ2) is 5.34. The van der Waals surface area contributed by atoms with Crippen molar-refractivity contribution in [3.05, 3.63) is 23.4 Å². The summed E-state index contributed by atoms with van der Waals surface area (Å²) < 4.78 is 0. The lowest BCUT2D eigenvalue weighted by Crippen LogP contribution is -2.19. The highest BCUT2D eigenvalue weighted by Gasteiger charge is 2.18. The molecule has 0 bridgehead atoms. The zero-order valence-corrected chi connectivity index (χ0v) is 9.48. The van der Waals surface area contributed by atoms with Crippen LogP contribution in [0.5, 0.6) is 0 Å². The Morgan fingerprint density at radius 3 is 2.73 bits per heavy atom. The molecule has 1 aromatic rings. The monoisotopic (exact) mass is 228 g/mol. The van der Waals surface area contributed by atoms with Gasteiger partial charge in [0.2, 0.25) is 0 Å². The van der Waals surface area contributed by atoms with Gasteiger partial charge in [-0.2, -0.15) is 12.6 Å². The predicted molar refractivity (Wildman–Crippen MR) is 62.8 cm³/mol. The van der Waals surface area contributed by atoms with Crippen molar-refractivity contribution in [1.82, 2.24) is 4.98 Å². The Hall–Kier alpha value is -0.780. The first kappa shape index (κ1) is 12.3. The maximum absolute atomic E-state index is 9.77. The lowest BCUT2D eigenvalue weighted by Gasteiger charge is -2.17. The molecule has 0 amide bonds. The second-order valence-corrected chi connectivity index (χ2v) is 3.94. The van der Waals surface area contributed by atoms with Gasteiger partial charge in [-0.1, -0.05) is 0 Å². The van der Waals surface area contributed by atoms with E-state index in [4.69, 9.17) is 5.73 Å². The summed E-state index contributed by atoms with van der Waals surface area (Å²) in [5, 5.41) is 19.3. The molecule has 0 aliphatic heterocycles. The molecule has 0 saturated heterocycles. The molecule has 0 aliphatic rings. The fraction of sp³-hybridized carbons (Fsp3) is 0.500. The minimum absolute atomic E-state index is 0.438. The third-order valence-corrected chi connectivity index (χ3v) is 2.53. The van der Waals surface area contributed by atoms with Crippen LogP contribution in [0.1, 0.15) is 23.7 Å². The Morgan fingerprint density at radius 1 is 1.53 bits per heavy atom. The van der Waals surface area contributed by atoms with Crippen LogP contribution in [0.2, 0.25) is 0 Å². The number of hydrogen-bond acceptors (Lipinski definition) is 5. The first-order chi connectivity index (χ1) is 7.06. The number of pyridine rings is 1. The van der Waals surface area contributed by atoms with Crippen LogP contribution in [-0.4, -0.2) is 27.1 Å². The number of aryl methyl sites for hydroxylation is 1. The summed E-state index contributed by atoms with van der Waals surface area (Å²) in [4.78, 5) is 3.93. The third kappa shape index (κ3) is 3.09. The zero-order valence-electron chi connectivity index (χ0n) is 8.59. The summed E-state index contributed by atoms with van der Waals surface area (Å²) in [6.07, 6.45) is 0.180. The quantitative estimate of drug-likeness (QED) is 0.572. The highest BCUT2D eigenvalue weighted by Crippen LogP contribution is 2.21. The van der Waals surface area contributed by atoms with Crippen molar-refractivity contribution in [3.63, 3.8) is 0 Å². The summed E-state index contributed by atoms with van der Waals surface area (Å²) in [6, 6.07) is 1.73. The van der Waals surface area contributed by atoms with E-state index in [1.807, 2.05) is 6.92 Å². The van der Waals surface area contributed by atoms with Crippen LogP contribution in [0.4, 0.5) is 5.82 Å². The van der Waals surface area contributed by atoms with E-state index in [1.54, 1.807) is 6.07 Å². The van der Waals surface area contributed by atoms with Gasteiger partial charge in [0.05, 0.1) is 6.10 Å². The lowest BCUT2D eigenvalue weighted by atomic mass is 10.0. The Balaban J connectivity index is 2.81. The number of aliphatic hydroxyl groups is 2. The Labute approximate surface area is 94.6 Å². The van der Waals surface area contributed by atoms with Crippen LogP contribution in [0.25, 0.3) is 0 Å². The van der Waals surface area contributed by atoms with Crippen molar-refractivity contribution in [2.24, 2.45) is 0 Å². The molecule has 1 rings (SSSR count). The van der Waals surface area contributed by atoms with E-state index in [9.17, 15) is 10.2 Å². The molecule has 0 aliphatic carbocycles. The largest absolute Gasteiger partial charge is 0.390 e. The van der Waals surface area contributed by atoms with Gasteiger partial charge < -0.3 is 15.9 Å². The van der Waals surface area contributed by atoms with Crippen molar-refractivity contribution in [2.45, 2.75) is 25.6 Å². The highest BCUT2D eigenvalue weighted by atomic mass is 32.1. The summed E-state index contributed by atoms with van der Waals surface area (Å²) >= 11 is 4.00. The number of nitrogens with zero attached hydrogens (tertiary/aromatic N) is 1. The van der Waals surface area contributed by atoms with Gasteiger partial charge >= 0.3 is 0 Å². The van der Waals surface area contributed by atoms with Gasteiger partial charge in [-0.3, -0.25) is 0 Å². The van der Waals surface area contributed by atoms with E-state index in [1.165, 1.54) is 6.20 Å². The molecule has 84 valence electrons. The van der Waals surface area contributed by atoms with Crippen LogP contribution in [0.3, 0.4) is 0 Å². The normalized spacial score (nSPS) is 14.9. The molecule has 1 aromatic heterocycles. The maximum Gasteiger partial charge on any atom is 0.126 e. The highest BCUT2D eigenvalue weighted by molar-refractivity contribution is 7.80. The molecule has 2 atom stereocenters. The molecule has 15 heavy (non-hydrogen) atoms. The number of aromatic nitrogens is 1. The SMILES string of the molecule is Cc1cc(C(O)C(O)CCS)cnc1N. The first-order valence-corrected chi connectivity index (χ1v) is 5.38. The lowest BCUT2D eigenvalue weighted by molar-refractivity contribution is 0.0170. The summed E-state index contributed by atoms with van der Waals surface area (Å²) in [5.74, 6) is 0.967. The molecule has 0 spiro atoms. The van der Waals surface area contributed by atoms with Crippen molar-refractivity contribution in [1.29, 1.82) is 0 Å². The molecule has 2 unspecified atom stereocenters. The molecule has 0 aromatic carbocycles. The Morgan fingerprint density at radius 2 is 2.20 bits per heavy atom. The Kier molecular flexibility index (Phi) is 4.38. The number of aliphatic hydroxyl groups excluding tert-OH is 2. The molecule has 0 fully saturated rings. The fourth-order valence-corrected chi connectivity index (χ4v) is 1.55. The van der Waals surface area contributed by atoms with E-state index in [2.05, 4.69) is 17.6 Å². The topological polar surface area (TPSA) is 79.4 Å². The number of anilines is 1. The fourth-order valence-electron chi connectivity index (χ4n) is 1.28. The number of nitrogen functional groups attached to an aromatic ring is 1. The molecular formula is C10H16N2O2S. The standard InChI is InChI=1S/C10H16N2O2S/c1-6-4-7(5-12-10(6)11)9(14)8(13)2-3-15/h4-5,8-9,13-15H,2-3H2,1H3,(H2,11,12). The number of hydrogen-bond donors (Lipinski definition) is 4. The van der Waals surface area contributed by atoms with Crippen molar-refractivity contribution in [3.8, 4) is 0 Å². The van der Waals surface area contributed by atoms with Crippen molar-refractivity contribution >= 4 is 18.4 Å². The minimum atomic E-state index is -0.927.